The molecule has 0 saturated carbocycles. The summed E-state index contributed by atoms with van der Waals surface area (Å²) in [6.07, 6.45) is 0.820. The highest BCUT2D eigenvalue weighted by Gasteiger charge is 1.96. The van der Waals surface area contributed by atoms with Crippen LogP contribution in [-0.4, -0.2) is 8.76 Å². The van der Waals surface area contributed by atoms with E-state index in [0.29, 0.717) is 5.69 Å². The topological polar surface area (TPSA) is 52.2 Å². The summed E-state index contributed by atoms with van der Waals surface area (Å²) in [6.45, 7) is 1.98. The van der Waals surface area contributed by atoms with Gasteiger partial charge in [0.25, 0.3) is 0 Å². The van der Waals surface area contributed by atoms with Gasteiger partial charge in [0, 0.05) is 17.0 Å². The molecule has 0 aliphatic rings. The second kappa shape index (κ2) is 4.23. The Morgan fingerprint density at radius 2 is 2.17 bits per heavy atom. The number of para-hydroxylation sites is 1. The van der Waals surface area contributed by atoms with Crippen LogP contribution < -0.4 is 4.72 Å². The van der Waals surface area contributed by atoms with Crippen molar-refractivity contribution in [3.63, 3.8) is 0 Å². The van der Waals surface area contributed by atoms with Crippen LogP contribution in [0.2, 0.25) is 0 Å². The highest BCUT2D eigenvalue weighted by molar-refractivity contribution is 7.80. The largest absolute Gasteiger partial charge is 0.755 e. The quantitative estimate of drug-likeness (QED) is 0.723. The summed E-state index contributed by atoms with van der Waals surface area (Å²) in [7, 11) is 0. The number of hydrogen-bond acceptors (Lipinski definition) is 2. The van der Waals surface area contributed by atoms with Gasteiger partial charge in [-0.3, -0.25) is 4.21 Å². The van der Waals surface area contributed by atoms with E-state index in [1.165, 1.54) is 0 Å². The van der Waals surface area contributed by atoms with Crippen molar-refractivity contribution in [1.29, 1.82) is 0 Å². The maximum absolute atomic E-state index is 10.3. The van der Waals surface area contributed by atoms with Crippen LogP contribution in [0.4, 0.5) is 5.69 Å². The number of rotatable bonds is 3. The van der Waals surface area contributed by atoms with Gasteiger partial charge in [0.15, 0.2) is 0 Å². The lowest BCUT2D eigenvalue weighted by Gasteiger charge is -2.11. The SMILES string of the molecule is CCc1ccccc1NS(=O)[O-]. The predicted octanol–water partition coefficient (Wildman–Crippen LogP) is 1.45. The smallest absolute Gasteiger partial charge is 0.0484 e. The third-order valence-electron chi connectivity index (χ3n) is 1.59. The molecule has 0 aliphatic carbocycles. The van der Waals surface area contributed by atoms with Gasteiger partial charge in [-0.15, -0.1) is 0 Å². The van der Waals surface area contributed by atoms with E-state index in [1.54, 1.807) is 12.1 Å². The monoisotopic (exact) mass is 184 g/mol. The van der Waals surface area contributed by atoms with Gasteiger partial charge < -0.3 is 9.27 Å². The average molecular weight is 184 g/mol. The zero-order valence-corrected chi connectivity index (χ0v) is 7.56. The Labute approximate surface area is 74.2 Å². The van der Waals surface area contributed by atoms with Crippen LogP contribution in [0.25, 0.3) is 0 Å². The number of benzene rings is 1. The van der Waals surface area contributed by atoms with E-state index < -0.39 is 11.3 Å². The summed E-state index contributed by atoms with van der Waals surface area (Å²) < 4.78 is 23.0. The normalized spacial score (nSPS) is 12.5. The summed E-state index contributed by atoms with van der Waals surface area (Å²) in [6, 6.07) is 7.33. The van der Waals surface area contributed by atoms with Crippen molar-refractivity contribution in [2.45, 2.75) is 13.3 Å². The lowest BCUT2D eigenvalue weighted by molar-refractivity contribution is 0.542. The standard InChI is InChI=1S/C8H11NO2S/c1-2-7-5-3-4-6-8(7)9-12(10)11/h3-6,9H,2H2,1H3,(H,10,11)/p-1. The van der Waals surface area contributed by atoms with Gasteiger partial charge in [0.05, 0.1) is 0 Å². The molecule has 1 aromatic rings. The van der Waals surface area contributed by atoms with Gasteiger partial charge in [-0.25, -0.2) is 0 Å². The molecule has 1 unspecified atom stereocenters. The molecule has 0 fully saturated rings. The van der Waals surface area contributed by atoms with Gasteiger partial charge in [-0.2, -0.15) is 0 Å². The minimum absolute atomic E-state index is 0.660. The Morgan fingerprint density at radius 3 is 2.75 bits per heavy atom. The molecule has 0 aromatic heterocycles. The Hall–Kier alpha value is -0.870. The first-order chi connectivity index (χ1) is 5.74. The molecule has 0 spiro atoms. The van der Waals surface area contributed by atoms with E-state index in [1.807, 2.05) is 19.1 Å². The average Bonchev–Trinajstić information content (AvgIpc) is 2.04. The minimum atomic E-state index is -2.23. The van der Waals surface area contributed by atoms with Crippen molar-refractivity contribution in [3.8, 4) is 0 Å². The fourth-order valence-corrected chi connectivity index (χ4v) is 1.40. The van der Waals surface area contributed by atoms with Crippen molar-refractivity contribution in [2.75, 3.05) is 4.72 Å². The molecule has 1 aromatic carbocycles. The lowest BCUT2D eigenvalue weighted by atomic mass is 10.1. The summed E-state index contributed by atoms with van der Waals surface area (Å²) in [5, 5.41) is 0. The first-order valence-corrected chi connectivity index (χ1v) is 4.75. The Morgan fingerprint density at radius 1 is 1.50 bits per heavy atom. The molecule has 1 rings (SSSR count). The van der Waals surface area contributed by atoms with Crippen LogP contribution in [-0.2, 0) is 17.7 Å². The third kappa shape index (κ3) is 2.32. The number of aryl methyl sites for hydroxylation is 1. The van der Waals surface area contributed by atoms with Gasteiger partial charge in [-0.05, 0) is 18.1 Å². The van der Waals surface area contributed by atoms with Gasteiger partial charge in [0.2, 0.25) is 0 Å². The number of nitrogens with one attached hydrogen (secondary N) is 1. The van der Waals surface area contributed by atoms with E-state index in [0.717, 1.165) is 12.0 Å². The molecule has 1 N–H and O–H groups in total. The molecule has 0 amide bonds. The van der Waals surface area contributed by atoms with E-state index >= 15 is 0 Å². The predicted molar refractivity (Wildman–Crippen MR) is 48.4 cm³/mol. The van der Waals surface area contributed by atoms with Crippen molar-refractivity contribution < 1.29 is 8.76 Å². The maximum atomic E-state index is 10.3. The molecular formula is C8H10NO2S-. The molecule has 0 radical (unpaired) electrons. The van der Waals surface area contributed by atoms with Gasteiger partial charge in [-0.1, -0.05) is 25.1 Å². The maximum Gasteiger partial charge on any atom is 0.0484 e. The van der Waals surface area contributed by atoms with Crippen LogP contribution in [0.3, 0.4) is 0 Å². The van der Waals surface area contributed by atoms with Gasteiger partial charge in [0.1, 0.15) is 0 Å². The lowest BCUT2D eigenvalue weighted by Crippen LogP contribution is -2.04. The molecular weight excluding hydrogens is 174 g/mol. The second-order valence-corrected chi connectivity index (χ2v) is 3.02. The fraction of sp³-hybridized carbons (Fsp3) is 0.250. The molecule has 0 bridgehead atoms. The summed E-state index contributed by atoms with van der Waals surface area (Å²) in [4.78, 5) is 0. The molecule has 3 nitrogen and oxygen atoms in total. The van der Waals surface area contributed by atoms with Crippen LogP contribution >= 0.6 is 0 Å². The van der Waals surface area contributed by atoms with Crippen LogP contribution in [0.15, 0.2) is 24.3 Å². The van der Waals surface area contributed by atoms with Crippen LogP contribution in [0.5, 0.6) is 0 Å². The zero-order chi connectivity index (χ0) is 8.97. The van der Waals surface area contributed by atoms with Crippen molar-refractivity contribution >= 4 is 17.0 Å². The van der Waals surface area contributed by atoms with Crippen molar-refractivity contribution in [1.82, 2.24) is 0 Å². The molecule has 0 aliphatic heterocycles. The van der Waals surface area contributed by atoms with Crippen LogP contribution in [0, 0.1) is 0 Å². The highest BCUT2D eigenvalue weighted by atomic mass is 32.2. The minimum Gasteiger partial charge on any atom is -0.755 e. The zero-order valence-electron chi connectivity index (χ0n) is 6.74. The highest BCUT2D eigenvalue weighted by Crippen LogP contribution is 2.15. The van der Waals surface area contributed by atoms with E-state index in [-0.39, 0.29) is 0 Å². The first-order valence-electron chi connectivity index (χ1n) is 3.68. The van der Waals surface area contributed by atoms with Gasteiger partial charge >= 0.3 is 0 Å². The summed E-state index contributed by atoms with van der Waals surface area (Å²) >= 11 is -2.23. The Kier molecular flexibility index (Phi) is 3.25. The van der Waals surface area contributed by atoms with E-state index in [4.69, 9.17) is 0 Å². The second-order valence-electron chi connectivity index (χ2n) is 2.35. The molecule has 4 heteroatoms. The molecule has 1 atom stereocenters. The molecule has 0 heterocycles. The number of hydrogen-bond donors (Lipinski definition) is 1. The van der Waals surface area contributed by atoms with Crippen LogP contribution in [0.1, 0.15) is 12.5 Å². The fourth-order valence-electron chi connectivity index (χ4n) is 1.02. The summed E-state index contributed by atoms with van der Waals surface area (Å²) in [5.41, 5.74) is 1.66. The summed E-state index contributed by atoms with van der Waals surface area (Å²) in [5.74, 6) is 0. The number of anilines is 1. The van der Waals surface area contributed by atoms with E-state index in [2.05, 4.69) is 4.72 Å². The van der Waals surface area contributed by atoms with Crippen molar-refractivity contribution in [3.05, 3.63) is 29.8 Å². The Balaban J connectivity index is 2.89. The third-order valence-corrected chi connectivity index (χ3v) is 1.98. The van der Waals surface area contributed by atoms with Crippen molar-refractivity contribution in [2.24, 2.45) is 0 Å². The van der Waals surface area contributed by atoms with E-state index in [9.17, 15) is 8.76 Å². The molecule has 12 heavy (non-hydrogen) atoms. The first kappa shape index (κ1) is 9.22. The molecule has 66 valence electrons. The molecule has 0 saturated heterocycles. The Bertz CT molecular complexity index is 288.